The van der Waals surface area contributed by atoms with Crippen molar-refractivity contribution in [3.05, 3.63) is 22.4 Å². The lowest BCUT2D eigenvalue weighted by Crippen LogP contribution is -2.22. The van der Waals surface area contributed by atoms with E-state index in [1.54, 1.807) is 7.11 Å². The van der Waals surface area contributed by atoms with Gasteiger partial charge in [0.05, 0.1) is 7.11 Å². The van der Waals surface area contributed by atoms with E-state index >= 15 is 0 Å². The summed E-state index contributed by atoms with van der Waals surface area (Å²) in [6.45, 7) is 2.84. The number of ether oxygens (including phenoxy) is 1. The first-order valence-electron chi connectivity index (χ1n) is 4.99. The van der Waals surface area contributed by atoms with Gasteiger partial charge in [0, 0.05) is 16.9 Å². The van der Waals surface area contributed by atoms with Gasteiger partial charge in [0.1, 0.15) is 5.76 Å². The number of nitrogens with one attached hydrogen (secondary N) is 1. The van der Waals surface area contributed by atoms with E-state index in [1.807, 2.05) is 6.08 Å². The number of halogens is 1. The first kappa shape index (κ1) is 12.3. The van der Waals surface area contributed by atoms with Crippen molar-refractivity contribution in [3.8, 4) is 0 Å². The smallest absolute Gasteiger partial charge is 0.207 e. The Kier molecular flexibility index (Phi) is 4.88. The predicted octanol–water partition coefficient (Wildman–Crippen LogP) is 2.20. The molecule has 0 bridgehead atoms. The third-order valence-electron chi connectivity index (χ3n) is 2.69. The van der Waals surface area contributed by atoms with Gasteiger partial charge in [0.25, 0.3) is 0 Å². The molecule has 0 aliphatic heterocycles. The van der Waals surface area contributed by atoms with Crippen LogP contribution in [-0.2, 0) is 9.53 Å². The molecule has 0 aromatic carbocycles. The van der Waals surface area contributed by atoms with Gasteiger partial charge in [-0.3, -0.25) is 4.79 Å². The molecular formula is C11H16BrNO2. The van der Waals surface area contributed by atoms with Crippen LogP contribution in [0.4, 0.5) is 0 Å². The largest absolute Gasteiger partial charge is 0.501 e. The lowest BCUT2D eigenvalue weighted by atomic mass is 9.86. The molecule has 3 nitrogen and oxygen atoms in total. The molecule has 0 aromatic rings. The number of carbonyl (C=O) groups is 1. The maximum atomic E-state index is 10.1. The zero-order chi connectivity index (χ0) is 11.3. The first-order valence-corrected chi connectivity index (χ1v) is 5.78. The predicted molar refractivity (Wildman–Crippen MR) is 63.4 cm³/mol. The van der Waals surface area contributed by atoms with Crippen molar-refractivity contribution < 1.29 is 9.53 Å². The van der Waals surface area contributed by atoms with Gasteiger partial charge < -0.3 is 10.1 Å². The van der Waals surface area contributed by atoms with E-state index in [0.717, 1.165) is 23.1 Å². The monoisotopic (exact) mass is 273 g/mol. The summed E-state index contributed by atoms with van der Waals surface area (Å²) >= 11 is 3.46. The summed E-state index contributed by atoms with van der Waals surface area (Å²) in [6.07, 6.45) is 5.82. The maximum absolute atomic E-state index is 10.1. The summed E-state index contributed by atoms with van der Waals surface area (Å²) in [4.78, 5) is 10.1. The van der Waals surface area contributed by atoms with Crippen LogP contribution >= 0.6 is 15.9 Å². The molecule has 1 aliphatic rings. The van der Waals surface area contributed by atoms with E-state index in [9.17, 15) is 4.79 Å². The zero-order valence-corrected chi connectivity index (χ0v) is 10.6. The number of hydrogen-bond acceptors (Lipinski definition) is 2. The van der Waals surface area contributed by atoms with Crippen LogP contribution < -0.4 is 5.32 Å². The molecule has 1 amide bonds. The van der Waals surface area contributed by atoms with Crippen LogP contribution in [0.15, 0.2) is 22.4 Å². The molecule has 2 atom stereocenters. The minimum absolute atomic E-state index is 0.366. The summed E-state index contributed by atoms with van der Waals surface area (Å²) in [5.41, 5.74) is 0. The lowest BCUT2D eigenvalue weighted by molar-refractivity contribution is -0.109. The average Bonchev–Trinajstić information content (AvgIpc) is 2.23. The number of rotatable bonds is 5. The molecule has 1 rings (SSSR count). The molecule has 0 aromatic heterocycles. The second-order valence-corrected chi connectivity index (χ2v) is 4.53. The van der Waals surface area contributed by atoms with Crippen molar-refractivity contribution in [2.75, 3.05) is 13.7 Å². The Morgan fingerprint density at radius 3 is 3.00 bits per heavy atom. The Labute approximate surface area is 98.7 Å². The van der Waals surface area contributed by atoms with Gasteiger partial charge >= 0.3 is 0 Å². The second kappa shape index (κ2) is 5.95. The van der Waals surface area contributed by atoms with Gasteiger partial charge in [-0.25, -0.2) is 0 Å². The molecule has 0 radical (unpaired) electrons. The fourth-order valence-electron chi connectivity index (χ4n) is 1.76. The van der Waals surface area contributed by atoms with Gasteiger partial charge in [-0.05, 0) is 18.4 Å². The van der Waals surface area contributed by atoms with E-state index in [0.29, 0.717) is 18.4 Å². The van der Waals surface area contributed by atoms with E-state index in [4.69, 9.17) is 4.74 Å². The number of carbonyl (C=O) groups excluding carboxylic acids is 1. The van der Waals surface area contributed by atoms with Crippen molar-refractivity contribution >= 4 is 22.3 Å². The van der Waals surface area contributed by atoms with Crippen LogP contribution in [0.2, 0.25) is 0 Å². The summed E-state index contributed by atoms with van der Waals surface area (Å²) in [7, 11) is 1.69. The molecule has 0 saturated carbocycles. The molecule has 2 unspecified atom stereocenters. The summed E-state index contributed by atoms with van der Waals surface area (Å²) < 4.78 is 6.36. The molecule has 0 heterocycles. The maximum Gasteiger partial charge on any atom is 0.207 e. The highest BCUT2D eigenvalue weighted by atomic mass is 79.9. The van der Waals surface area contributed by atoms with Crippen molar-refractivity contribution in [2.45, 2.75) is 13.3 Å². The van der Waals surface area contributed by atoms with Crippen LogP contribution in [0.1, 0.15) is 13.3 Å². The van der Waals surface area contributed by atoms with E-state index in [-0.39, 0.29) is 0 Å². The Morgan fingerprint density at radius 2 is 2.40 bits per heavy atom. The number of methoxy groups -OCH3 is 1. The quantitative estimate of drug-likeness (QED) is 0.616. The molecule has 0 spiro atoms. The fourth-order valence-corrected chi connectivity index (χ4v) is 2.33. The number of hydrogen-bond donors (Lipinski definition) is 1. The summed E-state index contributed by atoms with van der Waals surface area (Å²) in [6, 6.07) is 0. The van der Waals surface area contributed by atoms with Crippen LogP contribution in [0, 0.1) is 11.8 Å². The van der Waals surface area contributed by atoms with Crippen LogP contribution in [0.25, 0.3) is 0 Å². The average molecular weight is 274 g/mol. The standard InChI is InChI=1S/C11H16BrNO2/c1-8-9(3-4-13-7-14)5-10(12)6-11(8)15-2/h5-9H,3-4H2,1-2H3,(H,13,14). The zero-order valence-electron chi connectivity index (χ0n) is 9.00. The van der Waals surface area contributed by atoms with Gasteiger partial charge in [-0.15, -0.1) is 0 Å². The molecule has 0 saturated heterocycles. The molecule has 84 valence electrons. The third kappa shape index (κ3) is 3.38. The molecule has 15 heavy (non-hydrogen) atoms. The van der Waals surface area contributed by atoms with Gasteiger partial charge in [-0.2, -0.15) is 0 Å². The van der Waals surface area contributed by atoms with E-state index in [1.165, 1.54) is 0 Å². The fraction of sp³-hybridized carbons (Fsp3) is 0.545. The molecule has 4 heteroatoms. The van der Waals surface area contributed by atoms with Crippen molar-refractivity contribution in [1.29, 1.82) is 0 Å². The SMILES string of the molecule is COC1=CC(Br)=CC(CCNC=O)C1C. The van der Waals surface area contributed by atoms with Crippen molar-refractivity contribution in [1.82, 2.24) is 5.32 Å². The Balaban J connectivity index is 2.59. The normalized spacial score (nSPS) is 25.3. The van der Waals surface area contributed by atoms with Gasteiger partial charge in [0.2, 0.25) is 6.41 Å². The van der Waals surface area contributed by atoms with Gasteiger partial charge in [0.15, 0.2) is 0 Å². The summed E-state index contributed by atoms with van der Waals surface area (Å²) in [5, 5.41) is 2.68. The second-order valence-electron chi connectivity index (χ2n) is 3.62. The molecule has 1 aliphatic carbocycles. The van der Waals surface area contributed by atoms with Crippen LogP contribution in [0.3, 0.4) is 0 Å². The highest BCUT2D eigenvalue weighted by molar-refractivity contribution is 9.11. The Bertz CT molecular complexity index is 286. The topological polar surface area (TPSA) is 38.3 Å². The third-order valence-corrected chi connectivity index (χ3v) is 3.18. The lowest BCUT2D eigenvalue weighted by Gasteiger charge is -2.26. The van der Waals surface area contributed by atoms with Crippen molar-refractivity contribution in [2.24, 2.45) is 11.8 Å². The minimum Gasteiger partial charge on any atom is -0.501 e. The first-order chi connectivity index (χ1) is 7.19. The van der Waals surface area contributed by atoms with Gasteiger partial charge in [-0.1, -0.05) is 28.9 Å². The highest BCUT2D eigenvalue weighted by Crippen LogP contribution is 2.33. The highest BCUT2D eigenvalue weighted by Gasteiger charge is 2.23. The van der Waals surface area contributed by atoms with E-state index < -0.39 is 0 Å². The molecule has 1 N–H and O–H groups in total. The van der Waals surface area contributed by atoms with Crippen LogP contribution in [-0.4, -0.2) is 20.1 Å². The summed E-state index contributed by atoms with van der Waals surface area (Å²) in [5.74, 6) is 1.76. The van der Waals surface area contributed by atoms with E-state index in [2.05, 4.69) is 34.2 Å². The Morgan fingerprint density at radius 1 is 1.67 bits per heavy atom. The minimum atomic E-state index is 0.366. The molecule has 0 fully saturated rings. The van der Waals surface area contributed by atoms with Crippen LogP contribution in [0.5, 0.6) is 0 Å². The van der Waals surface area contributed by atoms with Crippen molar-refractivity contribution in [3.63, 3.8) is 0 Å². The Hall–Kier alpha value is -0.770. The molecular weight excluding hydrogens is 258 g/mol. The number of amides is 1. The number of allylic oxidation sites excluding steroid dienone is 4.